The van der Waals surface area contributed by atoms with Crippen LogP contribution in [0.1, 0.15) is 5.69 Å². The van der Waals surface area contributed by atoms with Crippen molar-refractivity contribution in [1.29, 1.82) is 0 Å². The molecule has 0 bridgehead atoms. The maximum Gasteiger partial charge on any atom is 0.387 e. The minimum absolute atomic E-state index is 0. The van der Waals surface area contributed by atoms with Gasteiger partial charge < -0.3 is 13.9 Å². The molecule has 2 aromatic heterocycles. The smallest absolute Gasteiger partial charge is 0.387 e. The normalized spacial score (nSPS) is 10.0. The van der Waals surface area contributed by atoms with Gasteiger partial charge in [0.05, 0.1) is 30.6 Å². The van der Waals surface area contributed by atoms with E-state index in [2.05, 4.69) is 14.7 Å². The van der Waals surface area contributed by atoms with Crippen molar-refractivity contribution in [2.75, 3.05) is 0 Å². The molecule has 0 saturated carbocycles. The fourth-order valence-corrected chi connectivity index (χ4v) is 1.97. The lowest BCUT2D eigenvalue weighted by Crippen LogP contribution is -2.02. The molecule has 0 atom stereocenters. The molecular weight excluding hydrogens is 349 g/mol. The number of hydrogen-bond donors (Lipinski definition) is 0. The highest BCUT2D eigenvalue weighted by Crippen LogP contribution is 2.19. The van der Waals surface area contributed by atoms with E-state index < -0.39 is 6.61 Å². The van der Waals surface area contributed by atoms with E-state index in [0.717, 1.165) is 5.69 Å². The molecular formula is C14H14Cl2F2N4O. The summed E-state index contributed by atoms with van der Waals surface area (Å²) in [5, 5.41) is 0. The third-order valence-electron chi connectivity index (χ3n) is 2.88. The second kappa shape index (κ2) is 8.50. The fraction of sp³-hybridized carbons (Fsp3) is 0.143. The Morgan fingerprint density at radius 2 is 2.00 bits per heavy atom. The topological polar surface area (TPSA) is 44.9 Å². The molecule has 0 aliphatic rings. The van der Waals surface area contributed by atoms with Gasteiger partial charge in [0.15, 0.2) is 0 Å². The van der Waals surface area contributed by atoms with E-state index >= 15 is 0 Å². The molecule has 0 unspecified atom stereocenters. The summed E-state index contributed by atoms with van der Waals surface area (Å²) < 4.78 is 32.5. The SMILES string of the molecule is Cl.Cl.FC(F)Oc1cccc(-n2cnc(Cn3ccnc3)c2)c1. The Hall–Kier alpha value is -2.12. The van der Waals surface area contributed by atoms with E-state index in [9.17, 15) is 8.78 Å². The highest BCUT2D eigenvalue weighted by molar-refractivity contribution is 5.85. The summed E-state index contributed by atoms with van der Waals surface area (Å²) in [6.07, 6.45) is 8.71. The molecule has 0 fully saturated rings. The Balaban J connectivity index is 0.00000132. The van der Waals surface area contributed by atoms with Gasteiger partial charge in [0.1, 0.15) is 5.75 Å². The van der Waals surface area contributed by atoms with Crippen LogP contribution in [0.15, 0.2) is 55.5 Å². The van der Waals surface area contributed by atoms with Crippen molar-refractivity contribution in [3.63, 3.8) is 0 Å². The van der Waals surface area contributed by atoms with Gasteiger partial charge in [0.2, 0.25) is 0 Å². The standard InChI is InChI=1S/C14H12F2N4O.2ClH/c15-14(16)21-13-3-1-2-12(6-13)20-8-11(18-10-20)7-19-5-4-17-9-19;;/h1-6,8-10,14H,7H2;2*1H. The van der Waals surface area contributed by atoms with Gasteiger partial charge in [0, 0.05) is 24.7 Å². The molecule has 0 spiro atoms. The number of alkyl halides is 2. The van der Waals surface area contributed by atoms with E-state index in [1.807, 2.05) is 17.0 Å². The van der Waals surface area contributed by atoms with Crippen LogP contribution in [-0.2, 0) is 6.54 Å². The zero-order valence-electron chi connectivity index (χ0n) is 11.8. The van der Waals surface area contributed by atoms with Crippen LogP contribution in [0, 0.1) is 0 Å². The number of ether oxygens (including phenoxy) is 1. The zero-order valence-corrected chi connectivity index (χ0v) is 13.4. The van der Waals surface area contributed by atoms with Crippen LogP contribution >= 0.6 is 24.8 Å². The van der Waals surface area contributed by atoms with Crippen LogP contribution in [0.5, 0.6) is 5.75 Å². The fourth-order valence-electron chi connectivity index (χ4n) is 1.97. The Labute approximate surface area is 143 Å². The summed E-state index contributed by atoms with van der Waals surface area (Å²) >= 11 is 0. The first-order valence-electron chi connectivity index (χ1n) is 6.24. The number of hydrogen-bond acceptors (Lipinski definition) is 3. The first kappa shape index (κ1) is 18.9. The van der Waals surface area contributed by atoms with Gasteiger partial charge in [0.25, 0.3) is 0 Å². The summed E-state index contributed by atoms with van der Waals surface area (Å²) in [7, 11) is 0. The molecule has 23 heavy (non-hydrogen) atoms. The van der Waals surface area contributed by atoms with Gasteiger partial charge in [-0.3, -0.25) is 0 Å². The molecule has 0 amide bonds. The second-order valence-corrected chi connectivity index (χ2v) is 4.38. The van der Waals surface area contributed by atoms with Crippen LogP contribution < -0.4 is 4.74 Å². The summed E-state index contributed by atoms with van der Waals surface area (Å²) in [6, 6.07) is 6.47. The van der Waals surface area contributed by atoms with Crippen molar-refractivity contribution in [3.8, 4) is 11.4 Å². The highest BCUT2D eigenvalue weighted by atomic mass is 35.5. The zero-order chi connectivity index (χ0) is 14.7. The Morgan fingerprint density at radius 3 is 2.70 bits per heavy atom. The van der Waals surface area contributed by atoms with Gasteiger partial charge in [-0.25, -0.2) is 9.97 Å². The first-order valence-corrected chi connectivity index (χ1v) is 6.24. The van der Waals surface area contributed by atoms with Crippen molar-refractivity contribution < 1.29 is 13.5 Å². The lowest BCUT2D eigenvalue weighted by molar-refractivity contribution is -0.0498. The Morgan fingerprint density at radius 1 is 1.17 bits per heavy atom. The monoisotopic (exact) mass is 362 g/mol. The summed E-state index contributed by atoms with van der Waals surface area (Å²) in [5.74, 6) is 0.118. The van der Waals surface area contributed by atoms with Crippen molar-refractivity contribution in [2.24, 2.45) is 0 Å². The Kier molecular flexibility index (Phi) is 6.99. The first-order chi connectivity index (χ1) is 10.2. The van der Waals surface area contributed by atoms with E-state index in [4.69, 9.17) is 0 Å². The molecule has 2 heterocycles. The van der Waals surface area contributed by atoms with Crippen molar-refractivity contribution >= 4 is 24.8 Å². The quantitative estimate of drug-likeness (QED) is 0.696. The molecule has 9 heteroatoms. The second-order valence-electron chi connectivity index (χ2n) is 4.38. The van der Waals surface area contributed by atoms with Crippen LogP contribution in [-0.4, -0.2) is 25.7 Å². The average molecular weight is 363 g/mol. The number of benzene rings is 1. The predicted octanol–water partition coefficient (Wildman–Crippen LogP) is 3.56. The average Bonchev–Trinajstić information content (AvgIpc) is 3.10. The van der Waals surface area contributed by atoms with Crippen LogP contribution in [0.3, 0.4) is 0 Å². The van der Waals surface area contributed by atoms with E-state index in [0.29, 0.717) is 12.2 Å². The van der Waals surface area contributed by atoms with E-state index in [-0.39, 0.29) is 30.6 Å². The van der Waals surface area contributed by atoms with Crippen LogP contribution in [0.25, 0.3) is 5.69 Å². The van der Waals surface area contributed by atoms with E-state index in [1.54, 1.807) is 35.6 Å². The van der Waals surface area contributed by atoms with Gasteiger partial charge >= 0.3 is 6.61 Å². The maximum absolute atomic E-state index is 12.2. The van der Waals surface area contributed by atoms with Crippen molar-refractivity contribution in [1.82, 2.24) is 19.1 Å². The number of rotatable bonds is 5. The molecule has 3 rings (SSSR count). The van der Waals surface area contributed by atoms with Gasteiger partial charge in [-0.1, -0.05) is 6.07 Å². The molecule has 0 aliphatic heterocycles. The number of halogens is 4. The van der Waals surface area contributed by atoms with Crippen LogP contribution in [0.4, 0.5) is 8.78 Å². The minimum atomic E-state index is -2.83. The molecule has 0 radical (unpaired) electrons. The van der Waals surface area contributed by atoms with Crippen LogP contribution in [0.2, 0.25) is 0 Å². The highest BCUT2D eigenvalue weighted by Gasteiger charge is 2.06. The molecule has 0 saturated heterocycles. The molecule has 1 aromatic carbocycles. The summed E-state index contributed by atoms with van der Waals surface area (Å²) in [4.78, 5) is 8.25. The summed E-state index contributed by atoms with van der Waals surface area (Å²) in [6.45, 7) is -2.24. The Bertz CT molecular complexity index is 719. The molecule has 3 aromatic rings. The molecule has 0 N–H and O–H groups in total. The summed E-state index contributed by atoms with van der Waals surface area (Å²) in [5.41, 5.74) is 1.55. The number of aromatic nitrogens is 4. The van der Waals surface area contributed by atoms with Gasteiger partial charge in [-0.05, 0) is 12.1 Å². The molecule has 124 valence electrons. The van der Waals surface area contributed by atoms with Crippen molar-refractivity contribution in [3.05, 3.63) is 61.2 Å². The lowest BCUT2D eigenvalue weighted by atomic mass is 10.3. The third kappa shape index (κ3) is 4.94. The minimum Gasteiger partial charge on any atom is -0.435 e. The number of imidazole rings is 2. The van der Waals surface area contributed by atoms with Crippen molar-refractivity contribution in [2.45, 2.75) is 13.2 Å². The van der Waals surface area contributed by atoms with Gasteiger partial charge in [-0.2, -0.15) is 8.78 Å². The lowest BCUT2D eigenvalue weighted by Gasteiger charge is -2.07. The predicted molar refractivity (Wildman–Crippen MR) is 86.0 cm³/mol. The largest absolute Gasteiger partial charge is 0.435 e. The molecule has 5 nitrogen and oxygen atoms in total. The maximum atomic E-state index is 12.2. The third-order valence-corrected chi connectivity index (χ3v) is 2.88. The number of nitrogens with zero attached hydrogens (tertiary/aromatic N) is 4. The van der Waals surface area contributed by atoms with Gasteiger partial charge in [-0.15, -0.1) is 24.8 Å². The molecule has 0 aliphatic carbocycles. The van der Waals surface area contributed by atoms with E-state index in [1.165, 1.54) is 12.1 Å².